The van der Waals surface area contributed by atoms with Crippen LogP contribution in [0.4, 0.5) is 4.79 Å². The minimum Gasteiger partial charge on any atom is -0.366 e. The van der Waals surface area contributed by atoms with Crippen molar-refractivity contribution in [1.29, 1.82) is 0 Å². The second-order valence-electron chi connectivity index (χ2n) is 3.88. The van der Waals surface area contributed by atoms with Crippen LogP contribution < -0.4 is 5.32 Å². The van der Waals surface area contributed by atoms with Gasteiger partial charge in [0.25, 0.3) is 5.91 Å². The number of rotatable bonds is 5. The van der Waals surface area contributed by atoms with Crippen molar-refractivity contribution < 1.29 is 14.3 Å². The molecule has 0 unspecified atom stereocenters. The number of ether oxygens (including phenoxy) is 1. The molecular weight excluding hydrogens is 220 g/mol. The molecule has 0 aromatic carbocycles. The van der Waals surface area contributed by atoms with Crippen LogP contribution >= 0.6 is 11.6 Å². The number of amides is 3. The number of carbonyl (C=O) groups excluding carboxylic acids is 2. The lowest BCUT2D eigenvalue weighted by Crippen LogP contribution is -2.40. The molecule has 3 amide bonds. The molecule has 1 rings (SSSR count). The van der Waals surface area contributed by atoms with E-state index in [9.17, 15) is 9.59 Å². The van der Waals surface area contributed by atoms with Crippen LogP contribution in [0.5, 0.6) is 0 Å². The quantitative estimate of drug-likeness (QED) is 0.437. The topological polar surface area (TPSA) is 58.6 Å². The number of hydrogen-bond acceptors (Lipinski definition) is 3. The third kappa shape index (κ3) is 2.82. The second-order valence-corrected chi connectivity index (χ2v) is 4.10. The molecule has 0 bridgehead atoms. The number of hydrogen-bond donors (Lipinski definition) is 1. The minimum absolute atomic E-state index is 0.131. The predicted octanol–water partition coefficient (Wildman–Crippen LogP) is 0.920. The first-order valence-corrected chi connectivity index (χ1v) is 5.30. The molecule has 0 spiro atoms. The molecule has 1 aliphatic heterocycles. The Hall–Kier alpha value is -0.810. The van der Waals surface area contributed by atoms with E-state index in [1.807, 2.05) is 0 Å². The first kappa shape index (κ1) is 12.3. The molecule has 1 heterocycles. The normalized spacial score (nSPS) is 19.5. The van der Waals surface area contributed by atoms with Crippen LogP contribution in [0.2, 0.25) is 0 Å². The molecule has 5 nitrogen and oxygen atoms in total. The van der Waals surface area contributed by atoms with Crippen molar-refractivity contribution in [3.63, 3.8) is 0 Å². The maximum atomic E-state index is 11.7. The lowest BCUT2D eigenvalue weighted by Gasteiger charge is -2.15. The summed E-state index contributed by atoms with van der Waals surface area (Å²) >= 11 is 5.32. The SMILES string of the molecule is CC1(C)NC(=O)N(CCCOCCl)C1=O. The van der Waals surface area contributed by atoms with Gasteiger partial charge in [0.15, 0.2) is 0 Å². The van der Waals surface area contributed by atoms with Crippen molar-refractivity contribution in [3.05, 3.63) is 0 Å². The third-order valence-electron chi connectivity index (χ3n) is 2.19. The van der Waals surface area contributed by atoms with Gasteiger partial charge in [0.2, 0.25) is 0 Å². The number of halogens is 1. The lowest BCUT2D eigenvalue weighted by atomic mass is 10.1. The van der Waals surface area contributed by atoms with Gasteiger partial charge >= 0.3 is 6.03 Å². The number of carbonyl (C=O) groups is 2. The number of urea groups is 1. The van der Waals surface area contributed by atoms with Gasteiger partial charge in [-0.1, -0.05) is 11.6 Å². The van der Waals surface area contributed by atoms with Gasteiger partial charge in [-0.05, 0) is 20.3 Å². The van der Waals surface area contributed by atoms with Crippen molar-refractivity contribution in [2.45, 2.75) is 25.8 Å². The summed E-state index contributed by atoms with van der Waals surface area (Å²) in [7, 11) is 0. The zero-order valence-electron chi connectivity index (χ0n) is 8.88. The van der Waals surface area contributed by atoms with Crippen LogP contribution in [0.25, 0.3) is 0 Å². The van der Waals surface area contributed by atoms with Gasteiger partial charge in [-0.3, -0.25) is 9.69 Å². The van der Waals surface area contributed by atoms with E-state index in [0.29, 0.717) is 19.6 Å². The average molecular weight is 235 g/mol. The molecule has 1 aliphatic rings. The Morgan fingerprint density at radius 3 is 2.60 bits per heavy atom. The fourth-order valence-corrected chi connectivity index (χ4v) is 1.51. The van der Waals surface area contributed by atoms with E-state index in [1.54, 1.807) is 13.8 Å². The molecule has 0 aromatic heterocycles. The zero-order chi connectivity index (χ0) is 11.5. The van der Waals surface area contributed by atoms with Gasteiger partial charge in [0.1, 0.15) is 11.6 Å². The highest BCUT2D eigenvalue weighted by Crippen LogP contribution is 2.16. The minimum atomic E-state index is -0.787. The molecule has 15 heavy (non-hydrogen) atoms. The first-order valence-electron chi connectivity index (χ1n) is 4.77. The van der Waals surface area contributed by atoms with Gasteiger partial charge in [0, 0.05) is 13.2 Å². The van der Waals surface area contributed by atoms with E-state index in [1.165, 1.54) is 4.90 Å². The largest absolute Gasteiger partial charge is 0.366 e. The summed E-state index contributed by atoms with van der Waals surface area (Å²) in [5, 5.41) is 2.60. The summed E-state index contributed by atoms with van der Waals surface area (Å²) in [5.74, 6) is -0.196. The summed E-state index contributed by atoms with van der Waals surface area (Å²) in [4.78, 5) is 24.3. The highest BCUT2D eigenvalue weighted by atomic mass is 35.5. The molecule has 0 radical (unpaired) electrons. The summed E-state index contributed by atoms with van der Waals surface area (Å²) in [6, 6.07) is -0.207. The van der Waals surface area contributed by atoms with Crippen molar-refractivity contribution in [1.82, 2.24) is 10.2 Å². The molecule has 6 heteroatoms. The van der Waals surface area contributed by atoms with Crippen molar-refractivity contribution in [3.8, 4) is 0 Å². The van der Waals surface area contributed by atoms with Crippen LogP contribution in [0, 0.1) is 0 Å². The van der Waals surface area contributed by atoms with Gasteiger partial charge in [-0.2, -0.15) is 0 Å². The van der Waals surface area contributed by atoms with Crippen molar-refractivity contribution >= 4 is 23.5 Å². The highest BCUT2D eigenvalue weighted by molar-refractivity contribution is 6.17. The number of alkyl halides is 1. The van der Waals surface area contributed by atoms with Crippen LogP contribution in [-0.2, 0) is 9.53 Å². The summed E-state index contributed by atoms with van der Waals surface area (Å²) in [6.07, 6.45) is 0.599. The van der Waals surface area contributed by atoms with E-state index < -0.39 is 5.54 Å². The first-order chi connectivity index (χ1) is 6.99. The molecule has 0 aromatic rings. The summed E-state index contributed by atoms with van der Waals surface area (Å²) < 4.78 is 4.91. The van der Waals surface area contributed by atoms with Crippen LogP contribution in [0.1, 0.15) is 20.3 Å². The fourth-order valence-electron chi connectivity index (χ4n) is 1.40. The summed E-state index contributed by atoms with van der Waals surface area (Å²) in [5.41, 5.74) is -0.787. The Morgan fingerprint density at radius 2 is 2.13 bits per heavy atom. The lowest BCUT2D eigenvalue weighted by molar-refractivity contribution is -0.130. The van der Waals surface area contributed by atoms with Gasteiger partial charge < -0.3 is 10.1 Å². The van der Waals surface area contributed by atoms with Gasteiger partial charge in [-0.25, -0.2) is 4.79 Å². The number of nitrogens with one attached hydrogen (secondary N) is 1. The highest BCUT2D eigenvalue weighted by Gasteiger charge is 2.43. The zero-order valence-corrected chi connectivity index (χ0v) is 9.63. The standard InChI is InChI=1S/C9H15ClN2O3/c1-9(2)7(13)12(8(14)11-9)4-3-5-15-6-10/h3-6H2,1-2H3,(H,11,14). The number of imide groups is 1. The average Bonchev–Trinajstić information content (AvgIpc) is 2.33. The Kier molecular flexibility index (Phi) is 3.93. The molecule has 0 atom stereocenters. The predicted molar refractivity (Wildman–Crippen MR) is 55.6 cm³/mol. The van der Waals surface area contributed by atoms with Crippen molar-refractivity contribution in [2.24, 2.45) is 0 Å². The Labute approximate surface area is 93.7 Å². The smallest absolute Gasteiger partial charge is 0.325 e. The maximum Gasteiger partial charge on any atom is 0.325 e. The van der Waals surface area contributed by atoms with E-state index in [4.69, 9.17) is 16.3 Å². The molecule has 0 saturated carbocycles. The Bertz CT molecular complexity index is 268. The fraction of sp³-hybridized carbons (Fsp3) is 0.778. The molecule has 1 saturated heterocycles. The van der Waals surface area contributed by atoms with E-state index in [-0.39, 0.29) is 18.0 Å². The molecule has 1 fully saturated rings. The van der Waals surface area contributed by atoms with E-state index >= 15 is 0 Å². The monoisotopic (exact) mass is 234 g/mol. The molecule has 1 N–H and O–H groups in total. The van der Waals surface area contributed by atoms with E-state index in [0.717, 1.165) is 0 Å². The second kappa shape index (κ2) is 4.81. The molecular formula is C9H15ClN2O3. The molecule has 86 valence electrons. The van der Waals surface area contributed by atoms with Crippen LogP contribution in [0.15, 0.2) is 0 Å². The Balaban J connectivity index is 2.42. The van der Waals surface area contributed by atoms with Crippen molar-refractivity contribution in [2.75, 3.05) is 19.2 Å². The van der Waals surface area contributed by atoms with Gasteiger partial charge in [0.05, 0.1) is 0 Å². The maximum absolute atomic E-state index is 11.7. The third-order valence-corrected chi connectivity index (χ3v) is 2.35. The van der Waals surface area contributed by atoms with Gasteiger partial charge in [-0.15, -0.1) is 0 Å². The summed E-state index contributed by atoms with van der Waals surface area (Å²) in [6.45, 7) is 4.18. The van der Waals surface area contributed by atoms with E-state index in [2.05, 4.69) is 5.32 Å². The number of nitrogens with zero attached hydrogens (tertiary/aromatic N) is 1. The molecule has 0 aliphatic carbocycles. The Morgan fingerprint density at radius 1 is 1.47 bits per heavy atom. The van der Waals surface area contributed by atoms with Crippen LogP contribution in [0.3, 0.4) is 0 Å². The van der Waals surface area contributed by atoms with Crippen LogP contribution in [-0.4, -0.2) is 41.6 Å².